The number of aromatic amines is 2. The summed E-state index contributed by atoms with van der Waals surface area (Å²) in [5.74, 6) is 0. The van der Waals surface area contributed by atoms with E-state index in [1.165, 1.54) is 0 Å². The molecule has 108 valence electrons. The van der Waals surface area contributed by atoms with Crippen LogP contribution in [0.25, 0.3) is 11.0 Å². The zero-order chi connectivity index (χ0) is 15.1. The van der Waals surface area contributed by atoms with Gasteiger partial charge in [0.05, 0.1) is 22.2 Å². The molecule has 1 aromatic heterocycles. The van der Waals surface area contributed by atoms with E-state index >= 15 is 0 Å². The van der Waals surface area contributed by atoms with E-state index in [0.29, 0.717) is 16.5 Å². The summed E-state index contributed by atoms with van der Waals surface area (Å²) in [6.45, 7) is 6.64. The van der Waals surface area contributed by atoms with Crippen LogP contribution in [-0.4, -0.2) is 38.4 Å². The predicted molar refractivity (Wildman–Crippen MR) is 78.0 cm³/mol. The molecule has 0 aliphatic rings. The fraction of sp³-hybridized carbons (Fsp3) is 0.462. The van der Waals surface area contributed by atoms with Gasteiger partial charge < -0.3 is 24.8 Å². The van der Waals surface area contributed by atoms with Gasteiger partial charge in [0.15, 0.2) is 0 Å². The third-order valence-electron chi connectivity index (χ3n) is 3.70. The van der Waals surface area contributed by atoms with Crippen molar-refractivity contribution >= 4 is 23.6 Å². The van der Waals surface area contributed by atoms with E-state index in [-0.39, 0.29) is 5.69 Å². The van der Waals surface area contributed by atoms with Gasteiger partial charge in [-0.1, -0.05) is 6.07 Å². The molecule has 0 atom stereocenters. The molecule has 1 aromatic carbocycles. The van der Waals surface area contributed by atoms with Crippen molar-refractivity contribution in [3.63, 3.8) is 0 Å². The third-order valence-corrected chi connectivity index (χ3v) is 3.70. The van der Waals surface area contributed by atoms with Crippen molar-refractivity contribution in [2.75, 3.05) is 0 Å². The van der Waals surface area contributed by atoms with Gasteiger partial charge in [0.2, 0.25) is 0 Å². The summed E-state index contributed by atoms with van der Waals surface area (Å²) >= 11 is 0. The first-order valence-corrected chi connectivity index (χ1v) is 6.40. The molecule has 0 saturated heterocycles. The number of benzene rings is 1. The highest BCUT2D eigenvalue weighted by atomic mass is 16.5. The monoisotopic (exact) mass is 278 g/mol. The number of H-pyrrole nitrogens is 2. The normalized spacial score (nSPS) is 12.9. The zero-order valence-corrected chi connectivity index (χ0v) is 12.0. The van der Waals surface area contributed by atoms with Crippen LogP contribution in [0.1, 0.15) is 27.7 Å². The first-order chi connectivity index (χ1) is 9.10. The van der Waals surface area contributed by atoms with Crippen molar-refractivity contribution in [1.29, 1.82) is 0 Å². The van der Waals surface area contributed by atoms with Gasteiger partial charge in [-0.15, -0.1) is 0 Å². The Morgan fingerprint density at radius 2 is 1.75 bits per heavy atom. The molecule has 2 rings (SSSR count). The number of aromatic nitrogens is 2. The number of hydrogen-bond donors (Lipinski definition) is 4. The fourth-order valence-electron chi connectivity index (χ4n) is 1.70. The molecule has 0 saturated carbocycles. The molecule has 2 aromatic rings. The molecular formula is C13H19BN2O4. The lowest BCUT2D eigenvalue weighted by Gasteiger charge is -2.38. The highest BCUT2D eigenvalue weighted by Crippen LogP contribution is 2.25. The van der Waals surface area contributed by atoms with Gasteiger partial charge in [-0.2, -0.15) is 0 Å². The molecule has 0 aliphatic carbocycles. The Bertz CT molecular complexity index is 669. The van der Waals surface area contributed by atoms with Gasteiger partial charge in [0, 0.05) is 0 Å². The molecule has 4 N–H and O–H groups in total. The Labute approximate surface area is 116 Å². The number of nitrogens with one attached hydrogen (secondary N) is 2. The predicted octanol–water partition coefficient (Wildman–Crippen LogP) is 0.110. The Morgan fingerprint density at radius 1 is 1.15 bits per heavy atom. The SMILES string of the molecule is CC(C)(O)C(C)(C)OB(O)c1ccc2[nH]c(=O)[nH]c2c1. The molecule has 0 aliphatic heterocycles. The van der Waals surface area contributed by atoms with E-state index in [4.69, 9.17) is 4.65 Å². The van der Waals surface area contributed by atoms with Gasteiger partial charge in [-0.25, -0.2) is 4.79 Å². The first-order valence-electron chi connectivity index (χ1n) is 6.40. The lowest BCUT2D eigenvalue weighted by atomic mass is 9.76. The van der Waals surface area contributed by atoms with Crippen LogP contribution in [0.4, 0.5) is 0 Å². The van der Waals surface area contributed by atoms with Crippen molar-refractivity contribution in [2.45, 2.75) is 38.9 Å². The minimum absolute atomic E-state index is 0.302. The average molecular weight is 278 g/mol. The maximum absolute atomic E-state index is 11.2. The van der Waals surface area contributed by atoms with Gasteiger partial charge in [0.25, 0.3) is 0 Å². The molecule has 0 fully saturated rings. The zero-order valence-electron chi connectivity index (χ0n) is 12.0. The summed E-state index contributed by atoms with van der Waals surface area (Å²) in [5.41, 5.74) is -0.591. The van der Waals surface area contributed by atoms with E-state index in [1.54, 1.807) is 45.9 Å². The van der Waals surface area contributed by atoms with Gasteiger partial charge in [-0.05, 0) is 45.3 Å². The Hall–Kier alpha value is -1.57. The average Bonchev–Trinajstić information content (AvgIpc) is 2.65. The van der Waals surface area contributed by atoms with E-state index in [2.05, 4.69) is 9.97 Å². The van der Waals surface area contributed by atoms with Crippen LogP contribution in [0, 0.1) is 0 Å². The molecule has 6 nitrogen and oxygen atoms in total. The second-order valence-corrected chi connectivity index (χ2v) is 5.92. The second-order valence-electron chi connectivity index (χ2n) is 5.92. The maximum atomic E-state index is 11.2. The summed E-state index contributed by atoms with van der Waals surface area (Å²) in [4.78, 5) is 16.4. The number of imidazole rings is 1. The van der Waals surface area contributed by atoms with Crippen LogP contribution >= 0.6 is 0 Å². The smallest absolute Gasteiger partial charge is 0.423 e. The highest BCUT2D eigenvalue weighted by Gasteiger charge is 2.39. The summed E-state index contributed by atoms with van der Waals surface area (Å²) < 4.78 is 5.55. The van der Waals surface area contributed by atoms with Gasteiger partial charge in [-0.3, -0.25) is 0 Å². The van der Waals surface area contributed by atoms with Crippen molar-refractivity contribution in [3.05, 3.63) is 28.7 Å². The number of rotatable bonds is 4. The van der Waals surface area contributed by atoms with Crippen molar-refractivity contribution < 1.29 is 14.8 Å². The molecule has 0 unspecified atom stereocenters. The third kappa shape index (κ3) is 2.79. The molecule has 0 spiro atoms. The van der Waals surface area contributed by atoms with Crippen LogP contribution in [0.15, 0.2) is 23.0 Å². The topological polar surface area (TPSA) is 98.3 Å². The van der Waals surface area contributed by atoms with Crippen LogP contribution in [0.2, 0.25) is 0 Å². The standard InChI is InChI=1S/C13H19BN2O4/c1-12(2,18)13(3,4)20-14(19)8-5-6-9-10(7-8)16-11(17)15-9/h5-7,18-19H,1-4H3,(H2,15,16,17). The van der Waals surface area contributed by atoms with Gasteiger partial charge in [0.1, 0.15) is 0 Å². The molecule has 7 heteroatoms. The van der Waals surface area contributed by atoms with Crippen LogP contribution in [-0.2, 0) is 4.65 Å². The molecule has 1 heterocycles. The number of aliphatic hydroxyl groups is 1. The first kappa shape index (κ1) is 14.8. The summed E-state index contributed by atoms with van der Waals surface area (Å²) in [6, 6.07) is 4.99. The van der Waals surface area contributed by atoms with E-state index in [0.717, 1.165) is 0 Å². The van der Waals surface area contributed by atoms with Crippen LogP contribution in [0.5, 0.6) is 0 Å². The molecule has 0 bridgehead atoms. The summed E-state index contributed by atoms with van der Waals surface area (Å²) in [6.07, 6.45) is 0. The number of hydrogen-bond acceptors (Lipinski definition) is 4. The summed E-state index contributed by atoms with van der Waals surface area (Å²) in [7, 11) is -1.20. The van der Waals surface area contributed by atoms with Crippen molar-refractivity contribution in [1.82, 2.24) is 9.97 Å². The Balaban J connectivity index is 2.27. The quantitative estimate of drug-likeness (QED) is 0.596. The maximum Gasteiger partial charge on any atom is 0.491 e. The largest absolute Gasteiger partial charge is 0.491 e. The molecular weight excluding hydrogens is 259 g/mol. The summed E-state index contributed by atoms with van der Waals surface area (Å²) in [5, 5.41) is 20.2. The Kier molecular flexibility index (Phi) is 3.54. The lowest BCUT2D eigenvalue weighted by Crippen LogP contribution is -2.53. The molecule has 0 radical (unpaired) electrons. The minimum atomic E-state index is -1.20. The fourth-order valence-corrected chi connectivity index (χ4v) is 1.70. The van der Waals surface area contributed by atoms with Gasteiger partial charge >= 0.3 is 12.8 Å². The lowest BCUT2D eigenvalue weighted by molar-refractivity contribution is -0.0982. The van der Waals surface area contributed by atoms with E-state index in [1.807, 2.05) is 0 Å². The van der Waals surface area contributed by atoms with E-state index < -0.39 is 18.3 Å². The molecule has 0 amide bonds. The van der Waals surface area contributed by atoms with Crippen LogP contribution < -0.4 is 11.2 Å². The highest BCUT2D eigenvalue weighted by molar-refractivity contribution is 6.60. The van der Waals surface area contributed by atoms with Crippen LogP contribution in [0.3, 0.4) is 0 Å². The second kappa shape index (κ2) is 4.77. The van der Waals surface area contributed by atoms with Crippen molar-refractivity contribution in [3.8, 4) is 0 Å². The van der Waals surface area contributed by atoms with E-state index in [9.17, 15) is 14.9 Å². The Morgan fingerprint density at radius 3 is 2.35 bits per heavy atom. The number of fused-ring (bicyclic) bond motifs is 1. The van der Waals surface area contributed by atoms with Crippen molar-refractivity contribution in [2.24, 2.45) is 0 Å². The molecule has 20 heavy (non-hydrogen) atoms. The minimum Gasteiger partial charge on any atom is -0.423 e.